The van der Waals surface area contributed by atoms with Crippen LogP contribution in [-0.4, -0.2) is 60.3 Å². The van der Waals surface area contributed by atoms with Gasteiger partial charge in [-0.2, -0.15) is 0 Å². The van der Waals surface area contributed by atoms with E-state index in [0.717, 1.165) is 19.4 Å². The van der Waals surface area contributed by atoms with Crippen LogP contribution in [0.2, 0.25) is 0 Å². The van der Waals surface area contributed by atoms with E-state index in [9.17, 15) is 4.79 Å². The number of fused-ring (bicyclic) bond motifs is 3. The lowest BCUT2D eigenvalue weighted by Gasteiger charge is -2.37. The number of likely N-dealkylation sites (N-methyl/N-ethyl adjacent to an activating group) is 1. The van der Waals surface area contributed by atoms with Crippen molar-refractivity contribution in [3.8, 4) is 0 Å². The largest absolute Gasteiger partial charge is 0.448 e. The van der Waals surface area contributed by atoms with Gasteiger partial charge in [-0.3, -0.25) is 4.90 Å². The molecule has 3 fully saturated rings. The third kappa shape index (κ3) is 1.57. The summed E-state index contributed by atoms with van der Waals surface area (Å²) in [7, 11) is 1.83. The van der Waals surface area contributed by atoms with Crippen molar-refractivity contribution >= 4 is 19.0 Å². The molecule has 3 aliphatic rings. The first kappa shape index (κ1) is 11.6. The minimum absolute atomic E-state index is 0.0688. The summed E-state index contributed by atoms with van der Waals surface area (Å²) in [6, 6.07) is 0.587. The molecule has 0 aliphatic carbocycles. The average molecular weight is 258 g/mol. The molecule has 5 nitrogen and oxygen atoms in total. The van der Waals surface area contributed by atoms with E-state index in [1.165, 1.54) is 6.42 Å². The van der Waals surface area contributed by atoms with Gasteiger partial charge in [-0.05, 0) is 38.7 Å². The maximum atomic E-state index is 11.6. The van der Waals surface area contributed by atoms with Gasteiger partial charge >= 0.3 is 6.09 Å². The van der Waals surface area contributed by atoms with E-state index >= 15 is 0 Å². The maximum absolute atomic E-state index is 11.6. The summed E-state index contributed by atoms with van der Waals surface area (Å²) in [6.07, 6.45) is 3.10. The van der Waals surface area contributed by atoms with Gasteiger partial charge in [0.2, 0.25) is 0 Å². The molecule has 0 saturated carbocycles. The van der Waals surface area contributed by atoms with Crippen molar-refractivity contribution < 1.29 is 13.7 Å². The van der Waals surface area contributed by atoms with Crippen LogP contribution >= 0.6 is 12.9 Å². The molecule has 96 valence electrons. The minimum Gasteiger partial charge on any atom is -0.448 e. The van der Waals surface area contributed by atoms with Crippen LogP contribution in [0.4, 0.5) is 4.79 Å². The predicted molar refractivity (Wildman–Crippen MR) is 64.9 cm³/mol. The Labute approximate surface area is 107 Å². The highest BCUT2D eigenvalue weighted by molar-refractivity contribution is 7.75. The number of carbonyl (C=O) groups is 1. The first-order chi connectivity index (χ1) is 8.18. The molecule has 0 bridgehead atoms. The van der Waals surface area contributed by atoms with Crippen molar-refractivity contribution in [2.45, 2.75) is 36.9 Å². The number of ether oxygens (including phenoxy) is 1. The third-order valence-electron chi connectivity index (χ3n) is 4.58. The Bertz CT molecular complexity index is 341. The van der Waals surface area contributed by atoms with Crippen LogP contribution in [0, 0.1) is 0 Å². The zero-order chi connectivity index (χ0) is 12.0. The molecule has 3 heterocycles. The van der Waals surface area contributed by atoms with Crippen LogP contribution in [-0.2, 0) is 8.92 Å². The summed E-state index contributed by atoms with van der Waals surface area (Å²) < 4.78 is 10.3. The van der Waals surface area contributed by atoms with Gasteiger partial charge in [0.15, 0.2) is 0 Å². The average Bonchev–Trinajstić information content (AvgIpc) is 2.81. The fourth-order valence-electron chi connectivity index (χ4n) is 3.75. The molecular formula is C11H18N2O3S. The summed E-state index contributed by atoms with van der Waals surface area (Å²) in [6.45, 7) is 2.22. The molecule has 3 aliphatic heterocycles. The van der Waals surface area contributed by atoms with Gasteiger partial charge in [-0.15, -0.1) is 0 Å². The number of nitrogens with zero attached hydrogens (tertiary/aromatic N) is 2. The molecule has 0 aromatic rings. The van der Waals surface area contributed by atoms with Crippen LogP contribution in [0.1, 0.15) is 19.3 Å². The number of hydrogen-bond acceptors (Lipinski definition) is 5. The van der Waals surface area contributed by atoms with E-state index < -0.39 is 0 Å². The fourth-order valence-corrected chi connectivity index (χ4v) is 3.99. The SMILES string of the molecule is CN1C(=O)OCC2C1CC1(COS)CCCN21. The van der Waals surface area contributed by atoms with E-state index in [1.807, 2.05) is 7.05 Å². The van der Waals surface area contributed by atoms with Gasteiger partial charge in [-0.25, -0.2) is 4.79 Å². The molecule has 0 radical (unpaired) electrons. The molecule has 6 heteroatoms. The summed E-state index contributed by atoms with van der Waals surface area (Å²) in [5.41, 5.74) is 0.0688. The van der Waals surface area contributed by atoms with E-state index in [2.05, 4.69) is 17.8 Å². The highest BCUT2D eigenvalue weighted by Gasteiger charge is 2.57. The molecule has 3 rings (SSSR count). The molecule has 17 heavy (non-hydrogen) atoms. The molecule has 3 unspecified atom stereocenters. The molecule has 0 aromatic carbocycles. The Balaban J connectivity index is 1.87. The second-order valence-electron chi connectivity index (χ2n) is 5.32. The van der Waals surface area contributed by atoms with E-state index in [-0.39, 0.29) is 17.7 Å². The second-order valence-corrected chi connectivity index (χ2v) is 5.58. The first-order valence-corrected chi connectivity index (χ1v) is 6.47. The van der Waals surface area contributed by atoms with Crippen molar-refractivity contribution in [2.24, 2.45) is 0 Å². The Morgan fingerprint density at radius 3 is 3.18 bits per heavy atom. The topological polar surface area (TPSA) is 42.0 Å². The summed E-state index contributed by atoms with van der Waals surface area (Å²) in [5, 5.41) is 0. The van der Waals surface area contributed by atoms with E-state index in [0.29, 0.717) is 19.3 Å². The highest BCUT2D eigenvalue weighted by atomic mass is 32.1. The zero-order valence-electron chi connectivity index (χ0n) is 9.96. The highest BCUT2D eigenvalue weighted by Crippen LogP contribution is 2.45. The number of carbonyl (C=O) groups excluding carboxylic acids is 1. The Morgan fingerprint density at radius 1 is 1.59 bits per heavy atom. The van der Waals surface area contributed by atoms with E-state index in [4.69, 9.17) is 8.92 Å². The Morgan fingerprint density at radius 2 is 2.41 bits per heavy atom. The predicted octanol–water partition coefficient (Wildman–Crippen LogP) is 0.905. The summed E-state index contributed by atoms with van der Waals surface area (Å²) in [4.78, 5) is 15.8. The molecule has 0 N–H and O–H groups in total. The summed E-state index contributed by atoms with van der Waals surface area (Å²) >= 11 is 3.91. The number of hydrogen-bond donors (Lipinski definition) is 1. The lowest BCUT2D eigenvalue weighted by atomic mass is 9.92. The fraction of sp³-hybridized carbons (Fsp3) is 0.909. The van der Waals surface area contributed by atoms with Crippen LogP contribution < -0.4 is 0 Å². The normalized spacial score (nSPS) is 41.3. The first-order valence-electron chi connectivity index (χ1n) is 6.11. The number of thiol groups is 1. The zero-order valence-corrected chi connectivity index (χ0v) is 10.9. The van der Waals surface area contributed by atoms with E-state index in [1.54, 1.807) is 4.90 Å². The van der Waals surface area contributed by atoms with Crippen molar-refractivity contribution in [2.75, 3.05) is 26.8 Å². The third-order valence-corrected chi connectivity index (χ3v) is 4.71. The monoisotopic (exact) mass is 258 g/mol. The molecule has 3 saturated heterocycles. The van der Waals surface area contributed by atoms with Gasteiger partial charge < -0.3 is 13.8 Å². The number of cyclic esters (lactones) is 1. The van der Waals surface area contributed by atoms with Crippen LogP contribution in [0.15, 0.2) is 0 Å². The van der Waals surface area contributed by atoms with Gasteiger partial charge in [-0.1, -0.05) is 0 Å². The lowest BCUT2D eigenvalue weighted by molar-refractivity contribution is 0.0114. The summed E-state index contributed by atoms with van der Waals surface area (Å²) in [5.74, 6) is 0. The van der Waals surface area contributed by atoms with Crippen LogP contribution in [0.3, 0.4) is 0 Å². The molecule has 1 amide bonds. The minimum atomic E-state index is -0.200. The van der Waals surface area contributed by atoms with Crippen LogP contribution in [0.25, 0.3) is 0 Å². The standard InChI is InChI=1S/C11H18N2O3S/c1-12-8-5-11(7-16-17)3-2-4-13(11)9(8)6-15-10(12)14/h8-9,17H,2-7H2,1H3. The Hall–Kier alpha value is -0.460. The maximum Gasteiger partial charge on any atom is 0.409 e. The number of rotatable bonds is 2. The smallest absolute Gasteiger partial charge is 0.409 e. The van der Waals surface area contributed by atoms with Gasteiger partial charge in [0.1, 0.15) is 6.61 Å². The molecular weight excluding hydrogens is 240 g/mol. The molecule has 0 aromatic heterocycles. The lowest BCUT2D eigenvalue weighted by Crippen LogP contribution is -2.54. The van der Waals surface area contributed by atoms with Gasteiger partial charge in [0.05, 0.1) is 18.7 Å². The quantitative estimate of drug-likeness (QED) is 0.590. The van der Waals surface area contributed by atoms with Gasteiger partial charge in [0.25, 0.3) is 0 Å². The van der Waals surface area contributed by atoms with Crippen molar-refractivity contribution in [1.29, 1.82) is 0 Å². The second kappa shape index (κ2) is 4.03. The van der Waals surface area contributed by atoms with Gasteiger partial charge in [0, 0.05) is 12.6 Å². The van der Waals surface area contributed by atoms with Crippen molar-refractivity contribution in [3.63, 3.8) is 0 Å². The van der Waals surface area contributed by atoms with Crippen molar-refractivity contribution in [1.82, 2.24) is 9.80 Å². The molecule has 3 atom stereocenters. The molecule has 0 spiro atoms. The van der Waals surface area contributed by atoms with Crippen LogP contribution in [0.5, 0.6) is 0 Å². The van der Waals surface area contributed by atoms with Crippen molar-refractivity contribution in [3.05, 3.63) is 0 Å². The number of amides is 1. The Kier molecular flexibility index (Phi) is 2.76.